The number of cyclic esters (lactones) is 1. The average Bonchev–Trinajstić information content (AvgIpc) is 3.36. The van der Waals surface area contributed by atoms with E-state index in [0.717, 1.165) is 0 Å². The fraction of sp³-hybridized carbons (Fsp3) is 0.710. The van der Waals surface area contributed by atoms with Crippen molar-refractivity contribution in [3.63, 3.8) is 0 Å². The fourth-order valence-corrected chi connectivity index (χ4v) is 7.71. The molecule has 0 unspecified atom stereocenters. The SMILES string of the molecule is C/C=C(\C)C(=O)O[C@@H]1CC[C@](O)(CCl)[C@]2(COC(C)=O)[C@@H](OC(C)=O)C[C@@H](C)[C@](C)(C[C@H](OC(C)=O)C3=CC(=O)OC3)[C@@H]12. The van der Waals surface area contributed by atoms with Gasteiger partial charge in [0, 0.05) is 43.9 Å². The van der Waals surface area contributed by atoms with Crippen molar-refractivity contribution in [1.29, 1.82) is 0 Å². The molecule has 8 atom stereocenters. The highest BCUT2D eigenvalue weighted by Crippen LogP contribution is 2.66. The van der Waals surface area contributed by atoms with E-state index >= 15 is 0 Å². The molecule has 1 aliphatic heterocycles. The lowest BCUT2D eigenvalue weighted by atomic mass is 9.41. The topological polar surface area (TPSA) is 152 Å². The average molecular weight is 627 g/mol. The predicted molar refractivity (Wildman–Crippen MR) is 153 cm³/mol. The van der Waals surface area contributed by atoms with E-state index < -0.39 is 70.5 Å². The van der Waals surface area contributed by atoms with Crippen LogP contribution in [0, 0.1) is 22.7 Å². The summed E-state index contributed by atoms with van der Waals surface area (Å²) in [6.07, 6.45) is 0.813. The summed E-state index contributed by atoms with van der Waals surface area (Å²) in [5.41, 5.74) is -3.36. The van der Waals surface area contributed by atoms with Crippen LogP contribution in [0.15, 0.2) is 23.3 Å². The maximum Gasteiger partial charge on any atom is 0.333 e. The van der Waals surface area contributed by atoms with Gasteiger partial charge >= 0.3 is 29.8 Å². The monoisotopic (exact) mass is 626 g/mol. The highest BCUT2D eigenvalue weighted by atomic mass is 35.5. The first-order valence-electron chi connectivity index (χ1n) is 14.5. The third kappa shape index (κ3) is 6.77. The molecule has 3 rings (SSSR count). The summed E-state index contributed by atoms with van der Waals surface area (Å²) >= 11 is 6.52. The largest absolute Gasteiger partial charge is 0.465 e. The van der Waals surface area contributed by atoms with Crippen LogP contribution in [0.1, 0.15) is 74.1 Å². The van der Waals surface area contributed by atoms with E-state index in [2.05, 4.69) is 0 Å². The van der Waals surface area contributed by atoms with E-state index in [1.807, 2.05) is 13.8 Å². The maximum atomic E-state index is 13.2. The van der Waals surface area contributed by atoms with Crippen molar-refractivity contribution in [2.24, 2.45) is 22.7 Å². The molecule has 240 valence electrons. The first-order chi connectivity index (χ1) is 20.0. The van der Waals surface area contributed by atoms with Crippen molar-refractivity contribution < 1.29 is 52.8 Å². The van der Waals surface area contributed by atoms with Gasteiger partial charge < -0.3 is 28.8 Å². The van der Waals surface area contributed by atoms with Crippen molar-refractivity contribution >= 4 is 41.4 Å². The molecule has 0 saturated heterocycles. The second kappa shape index (κ2) is 13.4. The Labute approximate surface area is 257 Å². The number of alkyl halides is 1. The van der Waals surface area contributed by atoms with Crippen molar-refractivity contribution in [3.05, 3.63) is 23.3 Å². The van der Waals surface area contributed by atoms with Gasteiger partial charge in [-0.05, 0) is 50.9 Å². The number of rotatable bonds is 10. The molecule has 1 heterocycles. The summed E-state index contributed by atoms with van der Waals surface area (Å²) in [4.78, 5) is 62.2. The summed E-state index contributed by atoms with van der Waals surface area (Å²) in [5.74, 6) is -4.33. The molecule has 0 aromatic heterocycles. The zero-order valence-electron chi connectivity index (χ0n) is 25.9. The number of carbonyl (C=O) groups is 5. The van der Waals surface area contributed by atoms with Crippen molar-refractivity contribution in [1.82, 2.24) is 0 Å². The molecular formula is C31H43ClO11. The van der Waals surface area contributed by atoms with Gasteiger partial charge in [-0.2, -0.15) is 0 Å². The van der Waals surface area contributed by atoms with Crippen LogP contribution >= 0.6 is 11.6 Å². The van der Waals surface area contributed by atoms with Crippen LogP contribution < -0.4 is 0 Å². The number of fused-ring (bicyclic) bond motifs is 1. The molecule has 2 aliphatic carbocycles. The van der Waals surface area contributed by atoms with Crippen LogP contribution in [0.25, 0.3) is 0 Å². The molecule has 0 spiro atoms. The normalized spacial score (nSPS) is 34.7. The van der Waals surface area contributed by atoms with Gasteiger partial charge in [0.1, 0.15) is 31.5 Å². The standard InChI is InChI=1S/C31H43ClO11/c1-8-17(2)28(37)43-23-9-10-30(38,15-32)31(16-40-19(4)33)25(42-21(6)35)11-18(3)29(7,27(23)31)13-24(41-20(5)34)22-12-26(36)39-14-22/h8,12,18,23-25,27,38H,9-11,13-16H2,1-7H3/b17-8+/t18-,23-,24+,25+,27-,29+,30+,31-/m1/s1. The molecule has 2 fully saturated rings. The summed E-state index contributed by atoms with van der Waals surface area (Å²) in [6.45, 7) is 10.5. The Morgan fingerprint density at radius 1 is 1.14 bits per heavy atom. The molecule has 12 heteroatoms. The lowest BCUT2D eigenvalue weighted by molar-refractivity contribution is -0.293. The molecular weight excluding hydrogens is 584 g/mol. The smallest absolute Gasteiger partial charge is 0.333 e. The van der Waals surface area contributed by atoms with Gasteiger partial charge in [-0.25, -0.2) is 9.59 Å². The van der Waals surface area contributed by atoms with Gasteiger partial charge in [-0.1, -0.05) is 19.9 Å². The molecule has 0 amide bonds. The first kappa shape index (κ1) is 34.6. The molecule has 43 heavy (non-hydrogen) atoms. The van der Waals surface area contributed by atoms with Crippen LogP contribution in [0.4, 0.5) is 0 Å². The minimum absolute atomic E-state index is 0.0597. The molecule has 3 aliphatic rings. The molecule has 11 nitrogen and oxygen atoms in total. The number of aliphatic hydroxyl groups is 1. The maximum absolute atomic E-state index is 13.2. The minimum Gasteiger partial charge on any atom is -0.465 e. The highest BCUT2D eigenvalue weighted by molar-refractivity contribution is 6.18. The molecule has 0 aromatic carbocycles. The zero-order chi connectivity index (χ0) is 32.3. The quantitative estimate of drug-likeness (QED) is 0.164. The molecule has 1 N–H and O–H groups in total. The van der Waals surface area contributed by atoms with Gasteiger partial charge in [0.25, 0.3) is 0 Å². The van der Waals surface area contributed by atoms with Gasteiger partial charge in [-0.15, -0.1) is 11.6 Å². The van der Waals surface area contributed by atoms with Crippen molar-refractivity contribution in [2.75, 3.05) is 19.1 Å². The zero-order valence-corrected chi connectivity index (χ0v) is 26.7. The van der Waals surface area contributed by atoms with Crippen LogP contribution in [0.2, 0.25) is 0 Å². The summed E-state index contributed by atoms with van der Waals surface area (Å²) < 4.78 is 28.5. The number of allylic oxidation sites excluding steroid dienone is 1. The van der Waals surface area contributed by atoms with E-state index in [0.29, 0.717) is 11.1 Å². The Kier molecular flexibility index (Phi) is 10.8. The van der Waals surface area contributed by atoms with Crippen LogP contribution in [0.5, 0.6) is 0 Å². The molecule has 0 radical (unpaired) electrons. The Morgan fingerprint density at radius 3 is 2.33 bits per heavy atom. The molecule has 0 aromatic rings. The highest BCUT2D eigenvalue weighted by Gasteiger charge is 2.73. The Balaban J connectivity index is 2.31. The minimum atomic E-state index is -1.72. The third-order valence-corrected chi connectivity index (χ3v) is 10.1. The second-order valence-electron chi connectivity index (χ2n) is 12.3. The summed E-state index contributed by atoms with van der Waals surface area (Å²) in [7, 11) is 0. The number of halogens is 1. The summed E-state index contributed by atoms with van der Waals surface area (Å²) in [5, 5.41) is 12.3. The second-order valence-corrected chi connectivity index (χ2v) is 12.6. The Bertz CT molecular complexity index is 1190. The Morgan fingerprint density at radius 2 is 1.81 bits per heavy atom. The van der Waals surface area contributed by atoms with Gasteiger partial charge in [0.2, 0.25) is 0 Å². The van der Waals surface area contributed by atoms with Crippen LogP contribution in [-0.2, 0) is 47.7 Å². The third-order valence-electron chi connectivity index (χ3n) is 9.70. The molecule has 0 bridgehead atoms. The van der Waals surface area contributed by atoms with Crippen molar-refractivity contribution in [2.45, 2.75) is 98.1 Å². The van der Waals surface area contributed by atoms with E-state index in [-0.39, 0.29) is 50.7 Å². The van der Waals surface area contributed by atoms with E-state index in [1.165, 1.54) is 26.8 Å². The number of esters is 5. The first-order valence-corrected chi connectivity index (χ1v) is 15.0. The number of hydrogen-bond donors (Lipinski definition) is 1. The van der Waals surface area contributed by atoms with Gasteiger partial charge in [-0.3, -0.25) is 14.4 Å². The van der Waals surface area contributed by atoms with Crippen LogP contribution in [-0.4, -0.2) is 78.0 Å². The lowest BCUT2D eigenvalue weighted by Gasteiger charge is -2.67. The fourth-order valence-electron chi connectivity index (χ4n) is 7.33. The molecule has 2 saturated carbocycles. The number of ether oxygens (including phenoxy) is 5. The van der Waals surface area contributed by atoms with E-state index in [9.17, 15) is 29.1 Å². The lowest BCUT2D eigenvalue weighted by Crippen LogP contribution is -2.74. The number of hydrogen-bond acceptors (Lipinski definition) is 11. The van der Waals surface area contributed by atoms with E-state index in [1.54, 1.807) is 19.9 Å². The predicted octanol–water partition coefficient (Wildman–Crippen LogP) is 3.58. The number of carbonyl (C=O) groups excluding carboxylic acids is 5. The van der Waals surface area contributed by atoms with Gasteiger partial charge in [0.05, 0.1) is 16.9 Å². The van der Waals surface area contributed by atoms with E-state index in [4.69, 9.17) is 35.3 Å². The van der Waals surface area contributed by atoms with Crippen LogP contribution in [0.3, 0.4) is 0 Å². The van der Waals surface area contributed by atoms with Crippen molar-refractivity contribution in [3.8, 4) is 0 Å². The van der Waals surface area contributed by atoms with Gasteiger partial charge in [0.15, 0.2) is 0 Å². The summed E-state index contributed by atoms with van der Waals surface area (Å²) in [6, 6.07) is 0. The Hall–Kier alpha value is -2.92.